The number of ether oxygens (including phenoxy) is 1. The molecule has 0 aliphatic rings. The highest BCUT2D eigenvalue weighted by Crippen LogP contribution is 2.26. The summed E-state index contributed by atoms with van der Waals surface area (Å²) in [5.41, 5.74) is 5.91. The number of rotatable bonds is 6. The Morgan fingerprint density at radius 2 is 1.74 bits per heavy atom. The van der Waals surface area contributed by atoms with E-state index in [0.717, 1.165) is 16.8 Å². The molecule has 4 aromatic rings. The van der Waals surface area contributed by atoms with Gasteiger partial charge in [-0.25, -0.2) is 9.78 Å². The first-order chi connectivity index (χ1) is 15.1. The van der Waals surface area contributed by atoms with Crippen LogP contribution in [-0.2, 0) is 0 Å². The molecule has 31 heavy (non-hydrogen) atoms. The van der Waals surface area contributed by atoms with E-state index >= 15 is 0 Å². The molecule has 0 unspecified atom stereocenters. The van der Waals surface area contributed by atoms with E-state index in [-0.39, 0.29) is 0 Å². The number of carbonyl (C=O) groups excluding carboxylic acids is 1. The fraction of sp³-hybridized carbons (Fsp3) is 0. The normalized spacial score (nSPS) is 10.9. The topological polar surface area (TPSA) is 63.6 Å². The van der Waals surface area contributed by atoms with Crippen LogP contribution in [0, 0.1) is 0 Å². The highest BCUT2D eigenvalue weighted by atomic mass is 35.5. The second kappa shape index (κ2) is 9.75. The number of benzene rings is 3. The molecule has 4 rings (SSSR count). The predicted molar refractivity (Wildman–Crippen MR) is 127 cm³/mol. The van der Waals surface area contributed by atoms with Crippen LogP contribution >= 0.6 is 34.5 Å². The van der Waals surface area contributed by atoms with Crippen LogP contribution in [-0.4, -0.2) is 17.2 Å². The molecule has 8 heteroatoms. The Balaban J connectivity index is 1.34. The Kier molecular flexibility index (Phi) is 6.62. The Morgan fingerprint density at radius 3 is 2.48 bits per heavy atom. The van der Waals surface area contributed by atoms with Gasteiger partial charge in [0.05, 0.1) is 22.5 Å². The maximum absolute atomic E-state index is 12.2. The minimum absolute atomic E-state index is 0.320. The second-order valence-corrected chi connectivity index (χ2v) is 8.05. The zero-order valence-corrected chi connectivity index (χ0v) is 18.3. The van der Waals surface area contributed by atoms with E-state index in [1.54, 1.807) is 54.7 Å². The molecule has 1 aromatic heterocycles. The molecule has 0 saturated heterocycles. The first-order valence-corrected chi connectivity index (χ1v) is 10.8. The number of hydrogen-bond donors (Lipinski definition) is 1. The van der Waals surface area contributed by atoms with Gasteiger partial charge in [0.2, 0.25) is 5.13 Å². The lowest BCUT2D eigenvalue weighted by atomic mass is 10.2. The quantitative estimate of drug-likeness (QED) is 0.147. The van der Waals surface area contributed by atoms with Gasteiger partial charge < -0.3 is 4.74 Å². The third-order valence-electron chi connectivity index (χ3n) is 4.20. The molecule has 3 aromatic carbocycles. The van der Waals surface area contributed by atoms with Crippen molar-refractivity contribution in [1.29, 1.82) is 0 Å². The molecule has 1 N–H and O–H groups in total. The van der Waals surface area contributed by atoms with Crippen molar-refractivity contribution in [1.82, 2.24) is 4.98 Å². The second-order valence-electron chi connectivity index (χ2n) is 6.35. The molecule has 0 amide bonds. The number of halogens is 2. The third-order valence-corrected chi connectivity index (χ3v) is 5.53. The van der Waals surface area contributed by atoms with Crippen LogP contribution in [0.1, 0.15) is 15.9 Å². The number of hydrazone groups is 1. The monoisotopic (exact) mass is 467 g/mol. The fourth-order valence-electron chi connectivity index (χ4n) is 2.65. The summed E-state index contributed by atoms with van der Waals surface area (Å²) in [6.45, 7) is 0. The molecule has 0 radical (unpaired) electrons. The summed E-state index contributed by atoms with van der Waals surface area (Å²) in [6.07, 6.45) is 1.66. The van der Waals surface area contributed by atoms with Crippen LogP contribution in [0.15, 0.2) is 83.3 Å². The van der Waals surface area contributed by atoms with Gasteiger partial charge in [0.15, 0.2) is 0 Å². The summed E-state index contributed by atoms with van der Waals surface area (Å²) >= 11 is 13.4. The van der Waals surface area contributed by atoms with E-state index in [9.17, 15) is 4.79 Å². The van der Waals surface area contributed by atoms with Crippen molar-refractivity contribution < 1.29 is 9.53 Å². The highest BCUT2D eigenvalue weighted by Gasteiger charge is 2.12. The summed E-state index contributed by atoms with van der Waals surface area (Å²) in [4.78, 5) is 16.7. The van der Waals surface area contributed by atoms with Crippen LogP contribution in [0.2, 0.25) is 10.0 Å². The van der Waals surface area contributed by atoms with Crippen molar-refractivity contribution in [2.24, 2.45) is 5.10 Å². The summed E-state index contributed by atoms with van der Waals surface area (Å²) in [5.74, 6) is -0.0866. The Morgan fingerprint density at radius 1 is 1.00 bits per heavy atom. The molecule has 1 heterocycles. The molecule has 0 bridgehead atoms. The van der Waals surface area contributed by atoms with Gasteiger partial charge in [-0.2, -0.15) is 5.10 Å². The molecule has 0 fully saturated rings. The van der Waals surface area contributed by atoms with Crippen molar-refractivity contribution >= 4 is 51.9 Å². The number of carbonyl (C=O) groups is 1. The molecule has 5 nitrogen and oxygen atoms in total. The van der Waals surface area contributed by atoms with Crippen molar-refractivity contribution in [2.45, 2.75) is 0 Å². The standard InChI is InChI=1S/C23H15Cl2N3O2S/c24-17-9-7-16(8-10-17)21-14-31-23(27-21)28-26-13-15-5-11-18(12-6-15)30-22(29)19-3-1-2-4-20(19)25/h1-14H,(H,27,28). The highest BCUT2D eigenvalue weighted by molar-refractivity contribution is 7.14. The lowest BCUT2D eigenvalue weighted by Crippen LogP contribution is -2.08. The summed E-state index contributed by atoms with van der Waals surface area (Å²) in [6, 6.07) is 21.2. The van der Waals surface area contributed by atoms with E-state index in [0.29, 0.717) is 26.5 Å². The predicted octanol–water partition coefficient (Wildman–Crippen LogP) is 6.78. The number of aromatic nitrogens is 1. The van der Waals surface area contributed by atoms with Gasteiger partial charge in [-0.1, -0.05) is 47.5 Å². The van der Waals surface area contributed by atoms with Crippen molar-refractivity contribution in [2.75, 3.05) is 5.43 Å². The lowest BCUT2D eigenvalue weighted by molar-refractivity contribution is 0.0735. The minimum atomic E-state index is -0.506. The number of thiazole rings is 1. The van der Waals surface area contributed by atoms with Gasteiger partial charge in [-0.3, -0.25) is 5.43 Å². The third kappa shape index (κ3) is 5.49. The summed E-state index contributed by atoms with van der Waals surface area (Å²) in [5, 5.41) is 7.87. The zero-order chi connectivity index (χ0) is 21.6. The first kappa shape index (κ1) is 21.1. The lowest BCUT2D eigenvalue weighted by Gasteiger charge is -2.05. The van der Waals surface area contributed by atoms with Crippen LogP contribution in [0.5, 0.6) is 5.75 Å². The average molecular weight is 468 g/mol. The first-order valence-electron chi connectivity index (χ1n) is 9.16. The van der Waals surface area contributed by atoms with Crippen LogP contribution in [0.4, 0.5) is 5.13 Å². The van der Waals surface area contributed by atoms with Gasteiger partial charge in [0.25, 0.3) is 0 Å². The number of esters is 1. The van der Waals surface area contributed by atoms with Crippen molar-refractivity contribution in [3.63, 3.8) is 0 Å². The molecule has 0 spiro atoms. The smallest absolute Gasteiger partial charge is 0.345 e. The number of nitrogens with zero attached hydrogens (tertiary/aromatic N) is 2. The number of nitrogens with one attached hydrogen (secondary N) is 1. The molecular weight excluding hydrogens is 453 g/mol. The molecular formula is C23H15Cl2N3O2S. The molecule has 0 atom stereocenters. The minimum Gasteiger partial charge on any atom is -0.423 e. The maximum Gasteiger partial charge on any atom is 0.345 e. The largest absolute Gasteiger partial charge is 0.423 e. The van der Waals surface area contributed by atoms with Crippen LogP contribution in [0.25, 0.3) is 11.3 Å². The van der Waals surface area contributed by atoms with Crippen molar-refractivity contribution in [3.8, 4) is 17.0 Å². The SMILES string of the molecule is O=C(Oc1ccc(C=NNc2nc(-c3ccc(Cl)cc3)cs2)cc1)c1ccccc1Cl. The molecule has 0 aliphatic heterocycles. The summed E-state index contributed by atoms with van der Waals surface area (Å²) < 4.78 is 5.36. The van der Waals surface area contributed by atoms with E-state index in [1.165, 1.54) is 11.3 Å². The van der Waals surface area contributed by atoms with E-state index in [1.807, 2.05) is 29.6 Å². The Hall–Kier alpha value is -3.19. The molecule has 0 aliphatic carbocycles. The van der Waals surface area contributed by atoms with Gasteiger partial charge in [-0.15, -0.1) is 11.3 Å². The average Bonchev–Trinajstić information content (AvgIpc) is 3.24. The number of hydrogen-bond acceptors (Lipinski definition) is 6. The van der Waals surface area contributed by atoms with Gasteiger partial charge in [0, 0.05) is 16.0 Å². The molecule has 0 saturated carbocycles. The Labute approximate surface area is 192 Å². The van der Waals surface area contributed by atoms with Gasteiger partial charge in [0.1, 0.15) is 5.75 Å². The maximum atomic E-state index is 12.2. The zero-order valence-electron chi connectivity index (χ0n) is 16.0. The van der Waals surface area contributed by atoms with Crippen LogP contribution in [0.3, 0.4) is 0 Å². The molecule has 154 valence electrons. The van der Waals surface area contributed by atoms with E-state index < -0.39 is 5.97 Å². The Bertz CT molecular complexity index is 1220. The van der Waals surface area contributed by atoms with E-state index in [2.05, 4.69) is 15.5 Å². The number of anilines is 1. The van der Waals surface area contributed by atoms with Gasteiger partial charge in [-0.05, 0) is 54.1 Å². The van der Waals surface area contributed by atoms with Crippen molar-refractivity contribution in [3.05, 3.63) is 99.3 Å². The van der Waals surface area contributed by atoms with Gasteiger partial charge >= 0.3 is 5.97 Å². The fourth-order valence-corrected chi connectivity index (χ4v) is 3.66. The van der Waals surface area contributed by atoms with E-state index in [4.69, 9.17) is 27.9 Å². The summed E-state index contributed by atoms with van der Waals surface area (Å²) in [7, 11) is 0. The van der Waals surface area contributed by atoms with Crippen LogP contribution < -0.4 is 10.2 Å².